The van der Waals surface area contributed by atoms with Crippen LogP contribution in [0.3, 0.4) is 0 Å². The minimum atomic E-state index is -0.690. The topological polar surface area (TPSA) is 41.6 Å². The maximum atomic E-state index is 13.5. The average Bonchev–Trinajstić information content (AvgIpc) is 2.37. The predicted octanol–water partition coefficient (Wildman–Crippen LogP) is 2.59. The van der Waals surface area contributed by atoms with Crippen LogP contribution >= 0.6 is 15.9 Å². The molecule has 1 heterocycles. The highest BCUT2D eigenvalue weighted by molar-refractivity contribution is 9.10. The first-order valence-corrected chi connectivity index (χ1v) is 6.15. The van der Waals surface area contributed by atoms with E-state index in [9.17, 15) is 13.6 Å². The van der Waals surface area contributed by atoms with Gasteiger partial charge in [0.2, 0.25) is 0 Å². The van der Waals surface area contributed by atoms with Gasteiger partial charge >= 0.3 is 6.03 Å². The van der Waals surface area contributed by atoms with E-state index in [2.05, 4.69) is 21.2 Å². The molecule has 0 aliphatic carbocycles. The van der Waals surface area contributed by atoms with Crippen molar-refractivity contribution < 1.29 is 18.3 Å². The molecular weight excluding hydrogens is 310 g/mol. The van der Waals surface area contributed by atoms with Crippen LogP contribution in [-0.4, -0.2) is 37.2 Å². The van der Waals surface area contributed by atoms with Crippen molar-refractivity contribution in [3.63, 3.8) is 0 Å². The number of hydrogen-bond acceptors (Lipinski definition) is 2. The van der Waals surface area contributed by atoms with Crippen molar-refractivity contribution in [1.29, 1.82) is 0 Å². The third-order valence-corrected chi connectivity index (χ3v) is 3.16. The van der Waals surface area contributed by atoms with Crippen molar-refractivity contribution in [2.75, 3.05) is 31.6 Å². The second-order valence-electron chi connectivity index (χ2n) is 3.78. The van der Waals surface area contributed by atoms with Crippen LogP contribution in [0.15, 0.2) is 16.6 Å². The van der Waals surface area contributed by atoms with Crippen molar-refractivity contribution in [3.8, 4) is 0 Å². The quantitative estimate of drug-likeness (QED) is 0.808. The van der Waals surface area contributed by atoms with Crippen molar-refractivity contribution >= 4 is 27.6 Å². The van der Waals surface area contributed by atoms with E-state index in [1.54, 1.807) is 0 Å². The number of benzene rings is 1. The molecule has 2 rings (SSSR count). The molecule has 1 N–H and O–H groups in total. The van der Waals surface area contributed by atoms with Gasteiger partial charge in [0, 0.05) is 19.2 Å². The molecule has 0 bridgehead atoms. The molecule has 1 aliphatic heterocycles. The Bertz CT molecular complexity index is 465. The summed E-state index contributed by atoms with van der Waals surface area (Å²) in [7, 11) is 0. The van der Waals surface area contributed by atoms with Gasteiger partial charge in [0.25, 0.3) is 0 Å². The van der Waals surface area contributed by atoms with E-state index in [4.69, 9.17) is 4.74 Å². The second kappa shape index (κ2) is 5.62. The molecule has 0 atom stereocenters. The van der Waals surface area contributed by atoms with Crippen LogP contribution in [0.25, 0.3) is 0 Å². The summed E-state index contributed by atoms with van der Waals surface area (Å²) in [5, 5.41) is 2.34. The van der Waals surface area contributed by atoms with Gasteiger partial charge in [-0.2, -0.15) is 0 Å². The van der Waals surface area contributed by atoms with Gasteiger partial charge in [-0.1, -0.05) is 0 Å². The van der Waals surface area contributed by atoms with Crippen molar-refractivity contribution in [1.82, 2.24) is 4.90 Å². The molecule has 1 fully saturated rings. The maximum Gasteiger partial charge on any atom is 0.322 e. The van der Waals surface area contributed by atoms with Crippen LogP contribution in [-0.2, 0) is 4.74 Å². The number of anilines is 1. The fourth-order valence-electron chi connectivity index (χ4n) is 1.58. The first-order chi connectivity index (χ1) is 8.58. The van der Waals surface area contributed by atoms with Crippen LogP contribution in [0.4, 0.5) is 19.3 Å². The lowest BCUT2D eigenvalue weighted by atomic mass is 10.3. The molecule has 2 amide bonds. The molecule has 18 heavy (non-hydrogen) atoms. The number of ether oxygens (including phenoxy) is 1. The van der Waals surface area contributed by atoms with E-state index in [0.29, 0.717) is 26.3 Å². The minimum Gasteiger partial charge on any atom is -0.378 e. The number of urea groups is 1. The van der Waals surface area contributed by atoms with Crippen molar-refractivity contribution in [2.24, 2.45) is 0 Å². The number of carbonyl (C=O) groups excluding carboxylic acids is 1. The van der Waals surface area contributed by atoms with Crippen molar-refractivity contribution in [3.05, 3.63) is 28.2 Å². The number of hydrogen-bond donors (Lipinski definition) is 1. The average molecular weight is 321 g/mol. The first kappa shape index (κ1) is 13.2. The Balaban J connectivity index is 2.08. The van der Waals surface area contributed by atoms with Gasteiger partial charge in [-0.15, -0.1) is 0 Å². The lowest BCUT2D eigenvalue weighted by molar-refractivity contribution is 0.0564. The molecule has 98 valence electrons. The summed E-state index contributed by atoms with van der Waals surface area (Å²) in [4.78, 5) is 13.3. The summed E-state index contributed by atoms with van der Waals surface area (Å²) in [5.41, 5.74) is -0.174. The maximum absolute atomic E-state index is 13.5. The predicted molar refractivity (Wildman–Crippen MR) is 65.5 cm³/mol. The van der Waals surface area contributed by atoms with E-state index >= 15 is 0 Å². The number of morpholine rings is 1. The highest BCUT2D eigenvalue weighted by atomic mass is 79.9. The first-order valence-electron chi connectivity index (χ1n) is 5.36. The molecule has 1 saturated heterocycles. The van der Waals surface area contributed by atoms with E-state index in [1.165, 1.54) is 4.90 Å². The summed E-state index contributed by atoms with van der Waals surface area (Å²) >= 11 is 2.87. The zero-order chi connectivity index (χ0) is 13.1. The molecular formula is C11H11BrF2N2O2. The summed E-state index contributed by atoms with van der Waals surface area (Å²) in [5.74, 6) is -1.32. The summed E-state index contributed by atoms with van der Waals surface area (Å²) < 4.78 is 31.9. The Morgan fingerprint density at radius 1 is 1.28 bits per heavy atom. The molecule has 0 spiro atoms. The van der Waals surface area contributed by atoms with Crippen molar-refractivity contribution in [2.45, 2.75) is 0 Å². The molecule has 0 aromatic heterocycles. The normalized spacial score (nSPS) is 15.6. The lowest BCUT2D eigenvalue weighted by Crippen LogP contribution is -2.43. The molecule has 1 aromatic rings. The van der Waals surface area contributed by atoms with Crippen LogP contribution < -0.4 is 5.32 Å². The SMILES string of the molecule is O=C(Nc1cc(F)c(Br)cc1F)N1CCOCC1. The number of amides is 2. The monoisotopic (exact) mass is 320 g/mol. The number of rotatable bonds is 1. The van der Waals surface area contributed by atoms with Crippen LogP contribution in [0.2, 0.25) is 0 Å². The van der Waals surface area contributed by atoms with Gasteiger partial charge < -0.3 is 15.0 Å². The third kappa shape index (κ3) is 2.97. The Morgan fingerprint density at radius 2 is 1.94 bits per heavy atom. The van der Waals surface area contributed by atoms with Gasteiger partial charge in [-0.05, 0) is 22.0 Å². The number of nitrogens with one attached hydrogen (secondary N) is 1. The molecule has 0 saturated carbocycles. The fourth-order valence-corrected chi connectivity index (χ4v) is 1.89. The van der Waals surface area contributed by atoms with E-state index in [-0.39, 0.29) is 10.2 Å². The van der Waals surface area contributed by atoms with Gasteiger partial charge in [0.15, 0.2) is 0 Å². The third-order valence-electron chi connectivity index (χ3n) is 2.55. The van der Waals surface area contributed by atoms with Crippen LogP contribution in [0, 0.1) is 11.6 Å². The highest BCUT2D eigenvalue weighted by Crippen LogP contribution is 2.23. The van der Waals surface area contributed by atoms with E-state index in [1.807, 2.05) is 0 Å². The lowest BCUT2D eigenvalue weighted by Gasteiger charge is -2.27. The summed E-state index contributed by atoms with van der Waals surface area (Å²) in [6.07, 6.45) is 0. The number of halogens is 3. The van der Waals surface area contributed by atoms with Gasteiger partial charge in [0.05, 0.1) is 23.4 Å². The molecule has 1 aliphatic rings. The largest absolute Gasteiger partial charge is 0.378 e. The van der Waals surface area contributed by atoms with E-state index < -0.39 is 17.7 Å². The fraction of sp³-hybridized carbons (Fsp3) is 0.364. The molecule has 1 aromatic carbocycles. The summed E-state index contributed by atoms with van der Waals surface area (Å²) in [6.45, 7) is 1.77. The van der Waals surface area contributed by atoms with E-state index in [0.717, 1.165) is 12.1 Å². The Morgan fingerprint density at radius 3 is 2.61 bits per heavy atom. The Labute approximate surface area is 111 Å². The molecule has 7 heteroatoms. The highest BCUT2D eigenvalue weighted by Gasteiger charge is 2.18. The standard InChI is InChI=1S/C11H11BrF2N2O2/c12-7-5-9(14)10(6-8(7)13)15-11(17)16-1-3-18-4-2-16/h5-6H,1-4H2,(H,15,17). The number of carbonyl (C=O) groups is 1. The molecule has 4 nitrogen and oxygen atoms in total. The second-order valence-corrected chi connectivity index (χ2v) is 4.63. The zero-order valence-corrected chi connectivity index (χ0v) is 11.0. The van der Waals surface area contributed by atoms with Gasteiger partial charge in [-0.3, -0.25) is 0 Å². The van der Waals surface area contributed by atoms with Crippen LogP contribution in [0.1, 0.15) is 0 Å². The van der Waals surface area contributed by atoms with Crippen LogP contribution in [0.5, 0.6) is 0 Å². The zero-order valence-electron chi connectivity index (χ0n) is 9.38. The van der Waals surface area contributed by atoms with Gasteiger partial charge in [-0.25, -0.2) is 13.6 Å². The summed E-state index contributed by atoms with van der Waals surface area (Å²) in [6, 6.07) is 1.46. The number of nitrogens with zero attached hydrogens (tertiary/aromatic N) is 1. The Kier molecular flexibility index (Phi) is 4.13. The Hall–Kier alpha value is -1.21. The molecule has 0 unspecified atom stereocenters. The smallest absolute Gasteiger partial charge is 0.322 e. The molecule has 0 radical (unpaired) electrons. The minimum absolute atomic E-state index is 0.0179. The van der Waals surface area contributed by atoms with Gasteiger partial charge in [0.1, 0.15) is 11.6 Å².